The van der Waals surface area contributed by atoms with E-state index in [1.807, 2.05) is 6.07 Å². The smallest absolute Gasteiger partial charge is 0.448 e. The van der Waals surface area contributed by atoms with Gasteiger partial charge in [-0.3, -0.25) is 0 Å². The molecule has 0 amide bonds. The Balaban J connectivity index is 0.00000256. The number of aliphatic hydroxyl groups is 1. The zero-order valence-corrected chi connectivity index (χ0v) is 12.9. The summed E-state index contributed by atoms with van der Waals surface area (Å²) < 4.78 is 36.8. The Kier molecular flexibility index (Phi) is 9.01. The summed E-state index contributed by atoms with van der Waals surface area (Å²) in [6.45, 7) is -4.86. The first kappa shape index (κ1) is 17.6. The zero-order valence-electron chi connectivity index (χ0n) is 9.82. The van der Waals surface area contributed by atoms with Crippen molar-refractivity contribution >= 4 is 6.98 Å². The molecule has 7 heteroatoms. The van der Waals surface area contributed by atoms with Crippen LogP contribution in [0.15, 0.2) is 30.3 Å². The molecule has 0 fully saturated rings. The summed E-state index contributed by atoms with van der Waals surface area (Å²) in [7, 11) is 0. The van der Waals surface area contributed by atoms with Crippen molar-refractivity contribution < 1.29 is 69.4 Å². The Bertz CT molecular complexity index is 310. The number of halogens is 3. The predicted octanol–water partition coefficient (Wildman–Crippen LogP) is -1.13. The third-order valence-corrected chi connectivity index (χ3v) is 2.13. The minimum Gasteiger partial charge on any atom is -0.448 e. The summed E-state index contributed by atoms with van der Waals surface area (Å²) >= 11 is 0. The molecular formula is C10H14BF3KNO. The van der Waals surface area contributed by atoms with E-state index in [-0.39, 0.29) is 71.1 Å². The third-order valence-electron chi connectivity index (χ3n) is 2.13. The second kappa shape index (κ2) is 8.68. The summed E-state index contributed by atoms with van der Waals surface area (Å²) in [5, 5.41) is 8.71. The SMILES string of the molecule is OCCN(Cc1ccccc1)C[B-](F)(F)F.[K+]. The molecule has 0 unspecified atom stereocenters. The Morgan fingerprint density at radius 1 is 1.12 bits per heavy atom. The fraction of sp³-hybridized carbons (Fsp3) is 0.400. The number of rotatable bonds is 6. The van der Waals surface area contributed by atoms with Gasteiger partial charge < -0.3 is 23.0 Å². The van der Waals surface area contributed by atoms with Crippen LogP contribution in [0.25, 0.3) is 0 Å². The van der Waals surface area contributed by atoms with Gasteiger partial charge in [0.1, 0.15) is 0 Å². The topological polar surface area (TPSA) is 23.5 Å². The average molecular weight is 271 g/mol. The molecule has 2 nitrogen and oxygen atoms in total. The maximum absolute atomic E-state index is 12.3. The van der Waals surface area contributed by atoms with Crippen LogP contribution in [-0.2, 0) is 6.54 Å². The first-order valence-electron chi connectivity index (χ1n) is 5.09. The van der Waals surface area contributed by atoms with Crippen LogP contribution >= 0.6 is 0 Å². The summed E-state index contributed by atoms with van der Waals surface area (Å²) in [6, 6.07) is 8.92. The molecule has 0 spiro atoms. The van der Waals surface area contributed by atoms with Gasteiger partial charge >= 0.3 is 58.4 Å². The Labute approximate surface area is 142 Å². The number of aliphatic hydroxyl groups excluding tert-OH is 1. The van der Waals surface area contributed by atoms with Crippen molar-refractivity contribution in [2.24, 2.45) is 0 Å². The van der Waals surface area contributed by atoms with Gasteiger partial charge in [-0.15, -0.1) is 0 Å². The van der Waals surface area contributed by atoms with E-state index < -0.39 is 13.4 Å². The van der Waals surface area contributed by atoms with Crippen LogP contribution in [0.1, 0.15) is 5.56 Å². The van der Waals surface area contributed by atoms with Gasteiger partial charge in [-0.25, -0.2) is 0 Å². The first-order valence-corrected chi connectivity index (χ1v) is 5.09. The van der Waals surface area contributed by atoms with E-state index in [0.29, 0.717) is 0 Å². The van der Waals surface area contributed by atoms with Gasteiger partial charge in [-0.1, -0.05) is 30.3 Å². The largest absolute Gasteiger partial charge is 1.00 e. The number of benzene rings is 1. The standard InChI is InChI=1S/C10H14BF3NO.K/c12-11(13,14)9-15(6-7-16)8-10-4-2-1-3-5-10;/h1-5,16H,6-9H2;/q-1;+1. The molecule has 1 N–H and O–H groups in total. The first-order chi connectivity index (χ1) is 7.51. The van der Waals surface area contributed by atoms with E-state index in [4.69, 9.17) is 5.11 Å². The second-order valence-electron chi connectivity index (χ2n) is 3.65. The van der Waals surface area contributed by atoms with Crippen LogP contribution in [0.3, 0.4) is 0 Å². The summed E-state index contributed by atoms with van der Waals surface area (Å²) in [4.78, 5) is 1.20. The molecular weight excluding hydrogens is 257 g/mol. The third kappa shape index (κ3) is 8.36. The zero-order chi connectivity index (χ0) is 12.0. The quantitative estimate of drug-likeness (QED) is 0.662. The van der Waals surface area contributed by atoms with Crippen LogP contribution in [0.5, 0.6) is 0 Å². The molecule has 0 saturated heterocycles. The molecule has 0 aliphatic carbocycles. The minimum atomic E-state index is -4.85. The van der Waals surface area contributed by atoms with Gasteiger partial charge in [0.25, 0.3) is 0 Å². The van der Waals surface area contributed by atoms with Gasteiger partial charge in [-0.2, -0.15) is 0 Å². The summed E-state index contributed by atoms with van der Waals surface area (Å²) in [6.07, 6.45) is -0.935. The monoisotopic (exact) mass is 271 g/mol. The van der Waals surface area contributed by atoms with Crippen LogP contribution < -0.4 is 51.4 Å². The van der Waals surface area contributed by atoms with Crippen LogP contribution in [-0.4, -0.2) is 36.6 Å². The van der Waals surface area contributed by atoms with Crippen molar-refractivity contribution in [3.63, 3.8) is 0 Å². The number of hydrogen-bond acceptors (Lipinski definition) is 2. The molecule has 1 rings (SSSR count). The summed E-state index contributed by atoms with van der Waals surface area (Å²) in [5.41, 5.74) is 0.816. The molecule has 0 aliphatic rings. The van der Waals surface area contributed by atoms with E-state index in [1.54, 1.807) is 24.3 Å². The molecule has 0 bridgehead atoms. The van der Waals surface area contributed by atoms with E-state index in [1.165, 1.54) is 4.90 Å². The molecule has 0 aromatic heterocycles. The molecule has 0 aliphatic heterocycles. The fourth-order valence-electron chi connectivity index (χ4n) is 1.51. The van der Waals surface area contributed by atoms with Crippen molar-refractivity contribution in [2.75, 3.05) is 19.6 Å². The second-order valence-corrected chi connectivity index (χ2v) is 3.65. The van der Waals surface area contributed by atoms with Gasteiger partial charge in [0, 0.05) is 13.1 Å². The van der Waals surface area contributed by atoms with Crippen molar-refractivity contribution in [3.05, 3.63) is 35.9 Å². The Morgan fingerprint density at radius 2 is 1.71 bits per heavy atom. The fourth-order valence-corrected chi connectivity index (χ4v) is 1.51. The van der Waals surface area contributed by atoms with Crippen LogP contribution in [0.2, 0.25) is 0 Å². The van der Waals surface area contributed by atoms with Crippen molar-refractivity contribution in [2.45, 2.75) is 6.54 Å². The molecule has 0 radical (unpaired) electrons. The van der Waals surface area contributed by atoms with Gasteiger partial charge in [0.2, 0.25) is 0 Å². The number of hydrogen-bond donors (Lipinski definition) is 1. The van der Waals surface area contributed by atoms with Crippen molar-refractivity contribution in [3.8, 4) is 0 Å². The normalized spacial score (nSPS) is 11.4. The van der Waals surface area contributed by atoms with Gasteiger partial charge in [0.15, 0.2) is 0 Å². The maximum Gasteiger partial charge on any atom is 1.00 e. The maximum atomic E-state index is 12.3. The van der Waals surface area contributed by atoms with Crippen LogP contribution in [0.4, 0.5) is 12.9 Å². The molecule has 90 valence electrons. The molecule has 0 heterocycles. The predicted molar refractivity (Wildman–Crippen MR) is 57.9 cm³/mol. The number of nitrogens with zero attached hydrogens (tertiary/aromatic N) is 1. The summed E-state index contributed by atoms with van der Waals surface area (Å²) in [5.74, 6) is 0. The van der Waals surface area contributed by atoms with Crippen molar-refractivity contribution in [1.29, 1.82) is 0 Å². The van der Waals surface area contributed by atoms with Crippen LogP contribution in [0, 0.1) is 0 Å². The Hall–Kier alpha value is 0.631. The minimum absolute atomic E-state index is 0. The van der Waals surface area contributed by atoms with Gasteiger partial charge in [0.05, 0.1) is 6.61 Å². The molecule has 0 saturated carbocycles. The van der Waals surface area contributed by atoms with Gasteiger partial charge in [-0.05, 0) is 12.0 Å². The van der Waals surface area contributed by atoms with E-state index in [2.05, 4.69) is 0 Å². The van der Waals surface area contributed by atoms with E-state index in [0.717, 1.165) is 5.56 Å². The molecule has 1 aromatic rings. The Morgan fingerprint density at radius 3 is 2.18 bits per heavy atom. The van der Waals surface area contributed by atoms with E-state index >= 15 is 0 Å². The average Bonchev–Trinajstić information content (AvgIpc) is 2.17. The van der Waals surface area contributed by atoms with Crippen molar-refractivity contribution in [1.82, 2.24) is 4.90 Å². The molecule has 1 aromatic carbocycles. The molecule has 17 heavy (non-hydrogen) atoms. The molecule has 0 atom stereocenters. The van der Waals surface area contributed by atoms with E-state index in [9.17, 15) is 12.9 Å².